The second-order valence-corrected chi connectivity index (χ2v) is 13.3. The molecule has 0 radical (unpaired) electrons. The third-order valence-corrected chi connectivity index (χ3v) is 10.1. The van der Waals surface area contributed by atoms with Gasteiger partial charge >= 0.3 is 5.97 Å². The Balaban J connectivity index is 1.34. The van der Waals surface area contributed by atoms with Crippen molar-refractivity contribution in [3.63, 3.8) is 0 Å². The number of carbonyl (C=O) groups is 1. The Kier molecular flexibility index (Phi) is 8.20. The van der Waals surface area contributed by atoms with Gasteiger partial charge in [-0.3, -0.25) is 14.3 Å². The van der Waals surface area contributed by atoms with Gasteiger partial charge in [-0.05, 0) is 50.4 Å². The number of aryl methyl sites for hydroxylation is 2. The monoisotopic (exact) mass is 665 g/mol. The van der Waals surface area contributed by atoms with Crippen LogP contribution < -0.4 is 15.2 Å². The summed E-state index contributed by atoms with van der Waals surface area (Å²) in [7, 11) is 0. The molecule has 0 unspecified atom stereocenters. The van der Waals surface area contributed by atoms with Crippen molar-refractivity contribution in [1.29, 1.82) is 5.26 Å². The molecule has 0 bridgehead atoms. The van der Waals surface area contributed by atoms with E-state index in [1.165, 1.54) is 15.9 Å². The summed E-state index contributed by atoms with van der Waals surface area (Å²) in [4.78, 5) is 36.7. The van der Waals surface area contributed by atoms with E-state index in [0.29, 0.717) is 59.5 Å². The highest BCUT2D eigenvalue weighted by Gasteiger charge is 2.31. The van der Waals surface area contributed by atoms with Crippen LogP contribution in [0.5, 0.6) is 5.75 Å². The number of nitriles is 1. The van der Waals surface area contributed by atoms with Gasteiger partial charge in [-0.25, -0.2) is 9.78 Å². The van der Waals surface area contributed by atoms with E-state index in [1.807, 2.05) is 17.2 Å². The smallest absolute Gasteiger partial charge is 0.338 e. The van der Waals surface area contributed by atoms with Crippen LogP contribution in [0.15, 0.2) is 40.5 Å². The molecule has 1 aliphatic heterocycles. The molecule has 5 aromatic rings. The van der Waals surface area contributed by atoms with Gasteiger partial charge in [-0.2, -0.15) is 17.0 Å². The number of nitrogens with zero attached hydrogens (tertiary/aromatic N) is 5. The minimum absolute atomic E-state index is 0.116. The number of thioether (sulfide) groups is 1. The number of aromatic nitrogens is 3. The Hall–Kier alpha value is -3.82. The maximum absolute atomic E-state index is 13.8. The molecule has 224 valence electrons. The summed E-state index contributed by atoms with van der Waals surface area (Å²) >= 11 is 16.0. The number of fused-ring (bicyclic) bond motifs is 2. The molecule has 1 N–H and O–H groups in total. The lowest BCUT2D eigenvalue weighted by Crippen LogP contribution is -2.49. The number of carboxylic acids is 1. The summed E-state index contributed by atoms with van der Waals surface area (Å²) in [6, 6.07) is 11.0. The third-order valence-electron chi connectivity index (χ3n) is 7.66. The SMILES string of the molecule is CSC1CN(c2c(Cl)cc3nc(C)n(CCOc4ccc(Cl)cc4-c4cc(C)nc5c(C(=O)O)csc45)c(=O)c3c2C#N)C1. The number of pyridine rings is 1. The zero-order valence-corrected chi connectivity index (χ0v) is 27.0. The molecular formula is C31H25Cl2N5O4S2. The Morgan fingerprint density at radius 3 is 2.68 bits per heavy atom. The van der Waals surface area contributed by atoms with Crippen LogP contribution >= 0.6 is 46.3 Å². The summed E-state index contributed by atoms with van der Waals surface area (Å²) < 4.78 is 8.44. The van der Waals surface area contributed by atoms with Crippen LogP contribution in [0.4, 0.5) is 5.69 Å². The summed E-state index contributed by atoms with van der Waals surface area (Å²) in [5.74, 6) is -0.0672. The van der Waals surface area contributed by atoms with E-state index in [1.54, 1.807) is 55.3 Å². The van der Waals surface area contributed by atoms with E-state index in [4.69, 9.17) is 27.9 Å². The van der Waals surface area contributed by atoms with Gasteiger partial charge in [0, 0.05) is 45.6 Å². The highest BCUT2D eigenvalue weighted by atomic mass is 35.5. The van der Waals surface area contributed by atoms with Gasteiger partial charge in [0.15, 0.2) is 0 Å². The number of thiophene rings is 1. The van der Waals surface area contributed by atoms with Crippen molar-refractivity contribution in [2.24, 2.45) is 0 Å². The topological polar surface area (TPSA) is 121 Å². The average Bonchev–Trinajstić information content (AvgIpc) is 3.39. The maximum atomic E-state index is 13.8. The summed E-state index contributed by atoms with van der Waals surface area (Å²) in [6.07, 6.45) is 2.05. The lowest BCUT2D eigenvalue weighted by Gasteiger charge is -2.41. The lowest BCUT2D eigenvalue weighted by atomic mass is 10.0. The molecule has 0 amide bonds. The molecule has 4 heterocycles. The molecule has 2 aromatic carbocycles. The number of aromatic carboxylic acids is 1. The zero-order chi connectivity index (χ0) is 31.3. The van der Waals surface area contributed by atoms with Crippen molar-refractivity contribution < 1.29 is 14.6 Å². The molecule has 0 atom stereocenters. The minimum Gasteiger partial charge on any atom is -0.491 e. The van der Waals surface area contributed by atoms with Crippen molar-refractivity contribution in [3.8, 4) is 22.9 Å². The first-order valence-electron chi connectivity index (χ1n) is 13.6. The number of halogens is 2. The summed E-state index contributed by atoms with van der Waals surface area (Å²) in [5, 5.41) is 22.9. The Morgan fingerprint density at radius 2 is 1.98 bits per heavy atom. The number of benzene rings is 2. The van der Waals surface area contributed by atoms with Gasteiger partial charge in [-0.15, -0.1) is 11.3 Å². The second kappa shape index (κ2) is 11.9. The van der Waals surface area contributed by atoms with Crippen molar-refractivity contribution in [1.82, 2.24) is 14.5 Å². The fraction of sp³-hybridized carbons (Fsp3) is 0.258. The van der Waals surface area contributed by atoms with Crippen LogP contribution in [0.1, 0.15) is 27.4 Å². The van der Waals surface area contributed by atoms with Crippen LogP contribution in [0.25, 0.3) is 32.2 Å². The van der Waals surface area contributed by atoms with E-state index < -0.39 is 5.97 Å². The number of carboxylic acid groups (broad SMARTS) is 1. The van der Waals surface area contributed by atoms with E-state index >= 15 is 0 Å². The molecule has 9 nitrogen and oxygen atoms in total. The summed E-state index contributed by atoms with van der Waals surface area (Å²) in [6.45, 7) is 5.31. The van der Waals surface area contributed by atoms with E-state index in [0.717, 1.165) is 18.7 Å². The van der Waals surface area contributed by atoms with Crippen LogP contribution in [0, 0.1) is 25.2 Å². The van der Waals surface area contributed by atoms with Gasteiger partial charge in [0.2, 0.25) is 0 Å². The highest BCUT2D eigenvalue weighted by molar-refractivity contribution is 7.99. The second-order valence-electron chi connectivity index (χ2n) is 10.4. The van der Waals surface area contributed by atoms with Crippen LogP contribution in [-0.4, -0.2) is 56.8 Å². The molecule has 13 heteroatoms. The predicted molar refractivity (Wildman–Crippen MR) is 177 cm³/mol. The van der Waals surface area contributed by atoms with E-state index in [2.05, 4.69) is 16.0 Å². The van der Waals surface area contributed by atoms with Crippen molar-refractivity contribution in [2.75, 3.05) is 30.9 Å². The normalized spacial score (nSPS) is 13.3. The molecule has 0 saturated carbocycles. The first-order chi connectivity index (χ1) is 21.1. The first-order valence-corrected chi connectivity index (χ1v) is 16.5. The van der Waals surface area contributed by atoms with Gasteiger partial charge in [-0.1, -0.05) is 23.2 Å². The molecule has 6 rings (SSSR count). The molecule has 1 saturated heterocycles. The quantitative estimate of drug-likeness (QED) is 0.191. The molecule has 0 aliphatic carbocycles. The van der Waals surface area contributed by atoms with Crippen molar-refractivity contribution in [2.45, 2.75) is 25.6 Å². The minimum atomic E-state index is -1.05. The Bertz CT molecular complexity index is 2080. The number of hydrogen-bond acceptors (Lipinski definition) is 9. The largest absolute Gasteiger partial charge is 0.491 e. The average molecular weight is 667 g/mol. The fourth-order valence-corrected chi connectivity index (χ4v) is 7.63. The number of hydrogen-bond donors (Lipinski definition) is 1. The molecule has 1 fully saturated rings. The predicted octanol–water partition coefficient (Wildman–Crippen LogP) is 6.80. The maximum Gasteiger partial charge on any atom is 0.338 e. The Morgan fingerprint density at radius 1 is 1.20 bits per heavy atom. The van der Waals surface area contributed by atoms with Gasteiger partial charge in [0.05, 0.1) is 49.5 Å². The number of anilines is 1. The third kappa shape index (κ3) is 5.26. The van der Waals surface area contributed by atoms with Crippen LogP contribution in [0.3, 0.4) is 0 Å². The van der Waals surface area contributed by atoms with Gasteiger partial charge in [0.25, 0.3) is 5.56 Å². The number of ether oxygens (including phenoxy) is 1. The molecule has 44 heavy (non-hydrogen) atoms. The lowest BCUT2D eigenvalue weighted by molar-refractivity contribution is 0.0699. The van der Waals surface area contributed by atoms with Gasteiger partial charge in [0.1, 0.15) is 24.3 Å². The van der Waals surface area contributed by atoms with Crippen molar-refractivity contribution >= 4 is 79.1 Å². The first kappa shape index (κ1) is 30.2. The van der Waals surface area contributed by atoms with Crippen molar-refractivity contribution in [3.05, 3.63) is 78.8 Å². The highest BCUT2D eigenvalue weighted by Crippen LogP contribution is 2.41. The standard InChI is InChI=1S/C31H25Cl2N5O4S2/c1-15-8-20(29-27(35-15)22(14-44-29)31(40)41)19-9-17(32)4-5-25(19)42-7-6-38-16(2)36-24-10-23(33)28(37-12-18(13-37)43-3)21(11-34)26(24)30(38)39/h4-5,8-10,14,18H,6-7,12-13H2,1-3H3,(H,40,41). The summed E-state index contributed by atoms with van der Waals surface area (Å²) in [5.41, 5.74) is 3.47. The molecular weight excluding hydrogens is 641 g/mol. The van der Waals surface area contributed by atoms with Gasteiger partial charge < -0.3 is 14.7 Å². The number of rotatable bonds is 8. The Labute approximate surface area is 270 Å². The van der Waals surface area contributed by atoms with Crippen LogP contribution in [0.2, 0.25) is 10.0 Å². The molecule has 3 aromatic heterocycles. The van der Waals surface area contributed by atoms with E-state index in [-0.39, 0.29) is 35.2 Å². The molecule has 1 aliphatic rings. The fourth-order valence-electron chi connectivity index (χ4n) is 5.47. The van der Waals surface area contributed by atoms with Crippen LogP contribution in [-0.2, 0) is 6.54 Å². The zero-order valence-electron chi connectivity index (χ0n) is 23.9. The van der Waals surface area contributed by atoms with E-state index in [9.17, 15) is 20.0 Å². The molecule has 0 spiro atoms.